The Morgan fingerprint density at radius 2 is 2.15 bits per heavy atom. The number of hydrogen-bond donors (Lipinski definition) is 1. The van der Waals surface area contributed by atoms with Crippen LogP contribution in [0.15, 0.2) is 12.1 Å². The predicted molar refractivity (Wildman–Crippen MR) is 44.6 cm³/mol. The Bertz CT molecular complexity index is 347. The number of phenols is 1. The highest BCUT2D eigenvalue weighted by atomic mass is 19.1. The van der Waals surface area contributed by atoms with Gasteiger partial charge in [-0.1, -0.05) is 0 Å². The van der Waals surface area contributed by atoms with Crippen molar-refractivity contribution in [2.24, 2.45) is 0 Å². The second kappa shape index (κ2) is 3.43. The minimum Gasteiger partial charge on any atom is -0.505 e. The van der Waals surface area contributed by atoms with E-state index in [-0.39, 0.29) is 17.1 Å². The molecular formula is C9H9FO3. The second-order valence-corrected chi connectivity index (χ2v) is 2.56. The summed E-state index contributed by atoms with van der Waals surface area (Å²) in [6.45, 7) is 1.31. The van der Waals surface area contributed by atoms with Crippen LogP contribution in [0.3, 0.4) is 0 Å². The van der Waals surface area contributed by atoms with Crippen molar-refractivity contribution in [3.63, 3.8) is 0 Å². The largest absolute Gasteiger partial charge is 0.505 e. The molecule has 0 spiro atoms. The number of carbonyl (C=O) groups is 1. The molecule has 0 atom stereocenters. The first-order valence-electron chi connectivity index (χ1n) is 3.63. The lowest BCUT2D eigenvalue weighted by Crippen LogP contribution is -1.98. The number of methoxy groups -OCH3 is 1. The molecule has 0 fully saturated rings. The van der Waals surface area contributed by atoms with Crippen LogP contribution >= 0.6 is 0 Å². The number of phenolic OH excluding ortho intramolecular Hbond substituents is 1. The SMILES string of the molecule is COc1cc(F)c(O)cc1C(C)=O. The minimum absolute atomic E-state index is 0.128. The molecule has 0 aliphatic heterocycles. The second-order valence-electron chi connectivity index (χ2n) is 2.56. The van der Waals surface area contributed by atoms with E-state index in [1.165, 1.54) is 14.0 Å². The highest BCUT2D eigenvalue weighted by molar-refractivity contribution is 5.97. The Morgan fingerprint density at radius 3 is 2.62 bits per heavy atom. The van der Waals surface area contributed by atoms with Crippen LogP contribution in [0.1, 0.15) is 17.3 Å². The van der Waals surface area contributed by atoms with Crippen molar-refractivity contribution in [3.05, 3.63) is 23.5 Å². The van der Waals surface area contributed by atoms with Crippen LogP contribution in [0, 0.1) is 5.82 Å². The molecule has 3 nitrogen and oxygen atoms in total. The number of ketones is 1. The lowest BCUT2D eigenvalue weighted by molar-refractivity contribution is 0.101. The van der Waals surface area contributed by atoms with Crippen LogP contribution in [-0.4, -0.2) is 18.0 Å². The van der Waals surface area contributed by atoms with Crippen LogP contribution in [-0.2, 0) is 0 Å². The molecule has 1 aromatic rings. The Labute approximate surface area is 74.8 Å². The summed E-state index contributed by atoms with van der Waals surface area (Å²) in [7, 11) is 1.33. The number of rotatable bonds is 2. The van der Waals surface area contributed by atoms with Crippen molar-refractivity contribution in [3.8, 4) is 11.5 Å². The normalized spacial score (nSPS) is 9.77. The van der Waals surface area contributed by atoms with Crippen molar-refractivity contribution in [1.82, 2.24) is 0 Å². The summed E-state index contributed by atoms with van der Waals surface area (Å²) in [6, 6.07) is 2.03. The smallest absolute Gasteiger partial charge is 0.168 e. The van der Waals surface area contributed by atoms with E-state index in [9.17, 15) is 9.18 Å². The van der Waals surface area contributed by atoms with Gasteiger partial charge in [0, 0.05) is 6.07 Å². The molecule has 4 heteroatoms. The molecule has 70 valence electrons. The maximum atomic E-state index is 12.8. The molecule has 0 saturated heterocycles. The van der Waals surface area contributed by atoms with Gasteiger partial charge in [0.2, 0.25) is 0 Å². The Hall–Kier alpha value is -1.58. The molecule has 0 radical (unpaired) electrons. The summed E-state index contributed by atoms with van der Waals surface area (Å²) < 4.78 is 17.5. The number of hydrogen-bond acceptors (Lipinski definition) is 3. The minimum atomic E-state index is -0.804. The zero-order valence-corrected chi connectivity index (χ0v) is 7.30. The molecule has 13 heavy (non-hydrogen) atoms. The third-order valence-corrected chi connectivity index (χ3v) is 1.65. The molecule has 0 aliphatic rings. The van der Waals surface area contributed by atoms with E-state index in [2.05, 4.69) is 0 Å². The summed E-state index contributed by atoms with van der Waals surface area (Å²) in [6.07, 6.45) is 0. The van der Waals surface area contributed by atoms with Crippen LogP contribution in [0.4, 0.5) is 4.39 Å². The van der Waals surface area contributed by atoms with E-state index in [4.69, 9.17) is 9.84 Å². The fraction of sp³-hybridized carbons (Fsp3) is 0.222. The van der Waals surface area contributed by atoms with Gasteiger partial charge in [0.25, 0.3) is 0 Å². The van der Waals surface area contributed by atoms with Gasteiger partial charge >= 0.3 is 0 Å². The van der Waals surface area contributed by atoms with Crippen molar-refractivity contribution in [2.75, 3.05) is 7.11 Å². The zero-order valence-electron chi connectivity index (χ0n) is 7.30. The molecule has 1 rings (SSSR count). The first kappa shape index (κ1) is 9.51. The first-order chi connectivity index (χ1) is 6.06. The molecular weight excluding hydrogens is 175 g/mol. The lowest BCUT2D eigenvalue weighted by atomic mass is 10.1. The van der Waals surface area contributed by atoms with Gasteiger partial charge in [0.15, 0.2) is 17.3 Å². The number of benzene rings is 1. The van der Waals surface area contributed by atoms with Gasteiger partial charge in [-0.05, 0) is 13.0 Å². The van der Waals surface area contributed by atoms with E-state index in [1.807, 2.05) is 0 Å². The predicted octanol–water partition coefficient (Wildman–Crippen LogP) is 1.74. The molecule has 0 saturated carbocycles. The molecule has 1 aromatic carbocycles. The van der Waals surface area contributed by atoms with Crippen LogP contribution in [0.2, 0.25) is 0 Å². The van der Waals surface area contributed by atoms with Crippen molar-refractivity contribution in [1.29, 1.82) is 0 Å². The molecule has 1 N–H and O–H groups in total. The number of halogens is 1. The molecule has 0 unspecified atom stereocenters. The van der Waals surface area contributed by atoms with Gasteiger partial charge in [0.05, 0.1) is 12.7 Å². The Balaban J connectivity index is 3.33. The topological polar surface area (TPSA) is 46.5 Å². The van der Waals surface area contributed by atoms with Gasteiger partial charge in [-0.15, -0.1) is 0 Å². The van der Waals surface area contributed by atoms with E-state index in [0.29, 0.717) is 0 Å². The van der Waals surface area contributed by atoms with Gasteiger partial charge in [-0.3, -0.25) is 4.79 Å². The number of aromatic hydroxyl groups is 1. The third kappa shape index (κ3) is 1.77. The van der Waals surface area contributed by atoms with Gasteiger partial charge in [-0.2, -0.15) is 0 Å². The summed E-state index contributed by atoms with van der Waals surface area (Å²) in [5.41, 5.74) is 0.168. The average Bonchev–Trinajstić information content (AvgIpc) is 2.08. The molecule has 0 aliphatic carbocycles. The first-order valence-corrected chi connectivity index (χ1v) is 3.63. The standard InChI is InChI=1S/C9H9FO3/c1-5(11)6-3-8(12)7(10)4-9(6)13-2/h3-4,12H,1-2H3. The summed E-state index contributed by atoms with van der Waals surface area (Å²) in [5, 5.41) is 8.99. The molecule has 0 amide bonds. The Morgan fingerprint density at radius 1 is 1.54 bits per heavy atom. The number of carbonyl (C=O) groups excluding carboxylic acids is 1. The lowest BCUT2D eigenvalue weighted by Gasteiger charge is -2.06. The van der Waals surface area contributed by atoms with E-state index < -0.39 is 11.6 Å². The average molecular weight is 184 g/mol. The Kier molecular flexibility index (Phi) is 2.51. The number of Topliss-reactive ketones (excluding diaryl/α,β-unsaturated/α-hetero) is 1. The maximum absolute atomic E-state index is 12.8. The van der Waals surface area contributed by atoms with E-state index >= 15 is 0 Å². The molecule has 0 bridgehead atoms. The van der Waals surface area contributed by atoms with E-state index in [1.54, 1.807) is 0 Å². The summed E-state index contributed by atoms with van der Waals surface area (Å²) >= 11 is 0. The van der Waals surface area contributed by atoms with Crippen LogP contribution < -0.4 is 4.74 Å². The van der Waals surface area contributed by atoms with E-state index in [0.717, 1.165) is 12.1 Å². The van der Waals surface area contributed by atoms with Gasteiger partial charge in [0.1, 0.15) is 5.75 Å². The summed E-state index contributed by atoms with van der Waals surface area (Å²) in [4.78, 5) is 11.0. The van der Waals surface area contributed by atoms with Crippen molar-refractivity contribution in [2.45, 2.75) is 6.92 Å². The molecule has 0 heterocycles. The summed E-state index contributed by atoms with van der Waals surface area (Å²) in [5.74, 6) is -1.51. The molecule has 0 aromatic heterocycles. The fourth-order valence-electron chi connectivity index (χ4n) is 0.988. The fourth-order valence-corrected chi connectivity index (χ4v) is 0.988. The van der Waals surface area contributed by atoms with Gasteiger partial charge < -0.3 is 9.84 Å². The van der Waals surface area contributed by atoms with Gasteiger partial charge in [-0.25, -0.2) is 4.39 Å². The third-order valence-electron chi connectivity index (χ3n) is 1.65. The maximum Gasteiger partial charge on any atom is 0.168 e. The van der Waals surface area contributed by atoms with Crippen molar-refractivity contribution >= 4 is 5.78 Å². The van der Waals surface area contributed by atoms with Crippen molar-refractivity contribution < 1.29 is 19.0 Å². The van der Waals surface area contributed by atoms with Crippen LogP contribution in [0.5, 0.6) is 11.5 Å². The zero-order chi connectivity index (χ0) is 10.0. The number of ether oxygens (including phenoxy) is 1. The highest BCUT2D eigenvalue weighted by Crippen LogP contribution is 2.26. The monoisotopic (exact) mass is 184 g/mol. The van der Waals surface area contributed by atoms with Crippen LogP contribution in [0.25, 0.3) is 0 Å². The quantitative estimate of drug-likeness (QED) is 0.712. The highest BCUT2D eigenvalue weighted by Gasteiger charge is 2.12.